The van der Waals surface area contributed by atoms with Crippen molar-refractivity contribution in [1.29, 1.82) is 0 Å². The van der Waals surface area contributed by atoms with Gasteiger partial charge in [-0.25, -0.2) is 8.42 Å². The molecule has 0 amide bonds. The van der Waals surface area contributed by atoms with E-state index in [4.69, 9.17) is 0 Å². The summed E-state index contributed by atoms with van der Waals surface area (Å²) in [5, 5.41) is 0. The van der Waals surface area contributed by atoms with E-state index in [1.165, 1.54) is 28.6 Å². The third-order valence-electron chi connectivity index (χ3n) is 4.93. The molecule has 3 aromatic carbocycles. The Kier molecular flexibility index (Phi) is 8.24. The lowest BCUT2D eigenvalue weighted by atomic mass is 10.1. The summed E-state index contributed by atoms with van der Waals surface area (Å²) in [4.78, 5) is 24.8. The second-order valence-electron chi connectivity index (χ2n) is 7.40. The Balaban J connectivity index is 1.79. The van der Waals surface area contributed by atoms with E-state index in [2.05, 4.69) is 0 Å². The monoisotopic (exact) mass is 459 g/mol. The van der Waals surface area contributed by atoms with Gasteiger partial charge >= 0.3 is 0 Å². The van der Waals surface area contributed by atoms with Crippen LogP contribution < -0.4 is 0 Å². The minimum absolute atomic E-state index is 0.0152. The van der Waals surface area contributed by atoms with Gasteiger partial charge in [0.2, 0.25) is 10.0 Å². The Bertz CT molecular complexity index is 1180. The van der Waals surface area contributed by atoms with E-state index in [0.717, 1.165) is 5.56 Å². The predicted octanol–water partition coefficient (Wildman–Crippen LogP) is 4.86. The van der Waals surface area contributed by atoms with Crippen molar-refractivity contribution in [1.82, 2.24) is 4.31 Å². The molecule has 0 radical (unpaired) electrons. The van der Waals surface area contributed by atoms with Gasteiger partial charge in [-0.3, -0.25) is 9.59 Å². The molecule has 0 aromatic heterocycles. The molecule has 0 saturated carbocycles. The number of ketones is 2. The Hall–Kier alpha value is -3.61. The van der Waals surface area contributed by atoms with Crippen LogP contribution in [0.25, 0.3) is 0 Å². The first-order chi connectivity index (χ1) is 15.9. The molecule has 3 rings (SSSR count). The van der Waals surface area contributed by atoms with E-state index in [9.17, 15) is 18.0 Å². The molecule has 0 aliphatic carbocycles. The Morgan fingerprint density at radius 2 is 1.12 bits per heavy atom. The molecule has 6 heteroatoms. The van der Waals surface area contributed by atoms with Crippen molar-refractivity contribution < 1.29 is 18.0 Å². The maximum Gasteiger partial charge on any atom is 0.243 e. The molecular weight excluding hydrogens is 434 g/mol. The normalized spacial score (nSPS) is 11.9. The van der Waals surface area contributed by atoms with E-state index >= 15 is 0 Å². The fourth-order valence-corrected chi connectivity index (χ4v) is 4.42. The molecule has 0 atom stereocenters. The van der Waals surface area contributed by atoms with Crippen molar-refractivity contribution in [3.05, 3.63) is 126 Å². The van der Waals surface area contributed by atoms with Gasteiger partial charge in [-0.15, -0.1) is 0 Å². The second kappa shape index (κ2) is 11.3. The van der Waals surface area contributed by atoms with Crippen molar-refractivity contribution in [3.8, 4) is 0 Å². The Morgan fingerprint density at radius 3 is 1.55 bits per heavy atom. The van der Waals surface area contributed by atoms with Crippen molar-refractivity contribution in [2.75, 3.05) is 13.1 Å². The topological polar surface area (TPSA) is 71.5 Å². The van der Waals surface area contributed by atoms with Gasteiger partial charge in [0.15, 0.2) is 11.6 Å². The van der Waals surface area contributed by atoms with Crippen LogP contribution in [0.4, 0.5) is 0 Å². The number of carbonyl (C=O) groups excluding carboxylic acids is 2. The fourth-order valence-electron chi connectivity index (χ4n) is 3.08. The van der Waals surface area contributed by atoms with Gasteiger partial charge in [-0.05, 0) is 31.2 Å². The van der Waals surface area contributed by atoms with E-state index in [1.807, 2.05) is 19.1 Å². The van der Waals surface area contributed by atoms with Gasteiger partial charge in [-0.2, -0.15) is 4.31 Å². The third-order valence-corrected chi connectivity index (χ3v) is 6.78. The van der Waals surface area contributed by atoms with Crippen LogP contribution >= 0.6 is 0 Å². The summed E-state index contributed by atoms with van der Waals surface area (Å²) >= 11 is 0. The Labute approximate surface area is 194 Å². The van der Waals surface area contributed by atoms with Crippen molar-refractivity contribution in [3.63, 3.8) is 0 Å². The first-order valence-electron chi connectivity index (χ1n) is 10.5. The number of hydrogen-bond donors (Lipinski definition) is 0. The quantitative estimate of drug-likeness (QED) is 0.321. The van der Waals surface area contributed by atoms with Crippen molar-refractivity contribution in [2.24, 2.45) is 0 Å². The third kappa shape index (κ3) is 6.68. The molecule has 0 spiro atoms. The van der Waals surface area contributed by atoms with Crippen LogP contribution in [0.1, 0.15) is 26.3 Å². The van der Waals surface area contributed by atoms with E-state index < -0.39 is 10.0 Å². The maximum atomic E-state index is 13.2. The number of allylic oxidation sites excluding steroid dienone is 2. The molecule has 0 bridgehead atoms. The van der Waals surface area contributed by atoms with Crippen LogP contribution in [-0.2, 0) is 10.0 Å². The average Bonchev–Trinajstić information content (AvgIpc) is 2.84. The highest BCUT2D eigenvalue weighted by Gasteiger charge is 2.22. The summed E-state index contributed by atoms with van der Waals surface area (Å²) in [5.74, 6) is -0.420. The lowest BCUT2D eigenvalue weighted by Crippen LogP contribution is -2.31. The number of sulfonamides is 1. The van der Waals surface area contributed by atoms with E-state index in [-0.39, 0.29) is 29.6 Å². The summed E-state index contributed by atoms with van der Waals surface area (Å²) in [6.45, 7) is 1.85. The molecule has 168 valence electrons. The summed E-state index contributed by atoms with van der Waals surface area (Å²) < 4.78 is 27.7. The van der Waals surface area contributed by atoms with Crippen LogP contribution in [-0.4, -0.2) is 37.4 Å². The van der Waals surface area contributed by atoms with E-state index in [0.29, 0.717) is 11.1 Å². The molecule has 0 N–H and O–H groups in total. The summed E-state index contributed by atoms with van der Waals surface area (Å²) in [6, 6.07) is 24.1. The highest BCUT2D eigenvalue weighted by molar-refractivity contribution is 7.89. The molecule has 0 saturated heterocycles. The van der Waals surface area contributed by atoms with Crippen LogP contribution in [0.5, 0.6) is 0 Å². The summed E-state index contributed by atoms with van der Waals surface area (Å²) in [5.41, 5.74) is 1.99. The lowest BCUT2D eigenvalue weighted by molar-refractivity contribution is 0.103. The van der Waals surface area contributed by atoms with E-state index in [1.54, 1.807) is 72.8 Å². The number of hydrogen-bond acceptors (Lipinski definition) is 4. The minimum atomic E-state index is -3.83. The SMILES string of the molecule is Cc1ccc(S(=O)(=O)N(C/C=C/C(=O)c2ccccc2)C/C=C/C(=O)c2ccccc2)cc1. The van der Waals surface area contributed by atoms with Crippen molar-refractivity contribution >= 4 is 21.6 Å². The molecule has 0 unspecified atom stereocenters. The molecule has 0 aliphatic heterocycles. The van der Waals surface area contributed by atoms with Gasteiger partial charge in [-0.1, -0.05) is 90.5 Å². The van der Waals surface area contributed by atoms with Gasteiger partial charge < -0.3 is 0 Å². The van der Waals surface area contributed by atoms with Crippen LogP contribution in [0.2, 0.25) is 0 Å². The van der Waals surface area contributed by atoms with Gasteiger partial charge in [0.1, 0.15) is 0 Å². The first-order valence-corrected chi connectivity index (χ1v) is 11.9. The highest BCUT2D eigenvalue weighted by atomic mass is 32.2. The van der Waals surface area contributed by atoms with Crippen LogP contribution in [0, 0.1) is 6.92 Å². The van der Waals surface area contributed by atoms with Gasteiger partial charge in [0.05, 0.1) is 4.90 Å². The molecule has 5 nitrogen and oxygen atoms in total. The number of carbonyl (C=O) groups is 2. The highest BCUT2D eigenvalue weighted by Crippen LogP contribution is 2.17. The first kappa shape index (κ1) is 24.0. The molecule has 0 fully saturated rings. The van der Waals surface area contributed by atoms with Crippen LogP contribution in [0.3, 0.4) is 0 Å². The van der Waals surface area contributed by atoms with Gasteiger partial charge in [0, 0.05) is 24.2 Å². The lowest BCUT2D eigenvalue weighted by Gasteiger charge is -2.19. The second-order valence-corrected chi connectivity index (χ2v) is 9.34. The predicted molar refractivity (Wildman–Crippen MR) is 130 cm³/mol. The molecule has 0 aliphatic rings. The molecular formula is C27H25NO4S. The molecule has 0 heterocycles. The zero-order valence-corrected chi connectivity index (χ0v) is 19.1. The number of rotatable bonds is 10. The largest absolute Gasteiger partial charge is 0.289 e. The fraction of sp³-hybridized carbons (Fsp3) is 0.111. The smallest absolute Gasteiger partial charge is 0.243 e. The summed E-state index contributed by atoms with van der Waals surface area (Å²) in [7, 11) is -3.83. The van der Waals surface area contributed by atoms with Gasteiger partial charge in [0.25, 0.3) is 0 Å². The zero-order valence-electron chi connectivity index (χ0n) is 18.3. The molecule has 3 aromatic rings. The van der Waals surface area contributed by atoms with Crippen LogP contribution in [0.15, 0.2) is 114 Å². The molecule has 33 heavy (non-hydrogen) atoms. The Morgan fingerprint density at radius 1 is 0.697 bits per heavy atom. The average molecular weight is 460 g/mol. The van der Waals surface area contributed by atoms with Crippen molar-refractivity contribution in [2.45, 2.75) is 11.8 Å². The standard InChI is InChI=1S/C27H25NO4S/c1-22-16-18-25(19-17-22)33(31,32)28(20-8-14-26(29)23-10-4-2-5-11-23)21-9-15-27(30)24-12-6-3-7-13-24/h2-19H,20-21H2,1H3/b14-8+,15-9+. The maximum absolute atomic E-state index is 13.2. The number of nitrogens with zero attached hydrogens (tertiary/aromatic N) is 1. The number of benzene rings is 3. The minimum Gasteiger partial charge on any atom is -0.289 e. The summed E-state index contributed by atoms with van der Waals surface area (Å²) in [6.07, 6.45) is 5.78. The number of aryl methyl sites for hydroxylation is 1. The zero-order chi connectivity index (χ0) is 23.7.